The number of ether oxygens (including phenoxy) is 2. The van der Waals surface area contributed by atoms with Crippen LogP contribution in [0.5, 0.6) is 5.75 Å². The van der Waals surface area contributed by atoms with E-state index in [1.165, 1.54) is 16.4 Å². The number of nitrogens with zero attached hydrogens (tertiary/aromatic N) is 1. The highest BCUT2D eigenvalue weighted by Gasteiger charge is 2.25. The lowest BCUT2D eigenvalue weighted by Gasteiger charge is -2.25. The summed E-state index contributed by atoms with van der Waals surface area (Å²) in [4.78, 5) is 12.0. The molecule has 1 N–H and O–H groups in total. The molecule has 0 bridgehead atoms. The average molecular weight is 384 g/mol. The van der Waals surface area contributed by atoms with Crippen LogP contribution in [0.1, 0.15) is 32.6 Å². The number of hydrogen-bond acceptors (Lipinski definition) is 5. The summed E-state index contributed by atoms with van der Waals surface area (Å²) in [5.41, 5.74) is 0. The quantitative estimate of drug-likeness (QED) is 0.622. The summed E-state index contributed by atoms with van der Waals surface area (Å²) in [7, 11) is -3.44. The number of sulfonamides is 1. The molecule has 7 nitrogen and oxygen atoms in total. The number of carbonyl (C=O) groups excluding carboxylic acids is 1. The summed E-state index contributed by atoms with van der Waals surface area (Å²) >= 11 is 0. The fraction of sp³-hybridized carbons (Fsp3) is 0.611. The van der Waals surface area contributed by atoms with E-state index in [4.69, 9.17) is 9.47 Å². The molecule has 2 rings (SSSR count). The van der Waals surface area contributed by atoms with Crippen LogP contribution in [0.4, 0.5) is 0 Å². The van der Waals surface area contributed by atoms with Crippen LogP contribution < -0.4 is 10.1 Å². The molecule has 1 saturated heterocycles. The summed E-state index contributed by atoms with van der Waals surface area (Å²) in [5.74, 6) is 0.249. The Balaban J connectivity index is 1.79. The number of amides is 1. The van der Waals surface area contributed by atoms with Gasteiger partial charge in [-0.25, -0.2) is 8.42 Å². The summed E-state index contributed by atoms with van der Waals surface area (Å²) in [6, 6.07) is 6.22. The van der Waals surface area contributed by atoms with Gasteiger partial charge in [-0.3, -0.25) is 4.79 Å². The van der Waals surface area contributed by atoms with Gasteiger partial charge in [0.05, 0.1) is 4.90 Å². The van der Waals surface area contributed by atoms with Crippen LogP contribution >= 0.6 is 0 Å². The minimum absolute atomic E-state index is 0.104. The number of benzene rings is 1. The minimum atomic E-state index is -3.44. The second-order valence-electron chi connectivity index (χ2n) is 6.13. The van der Waals surface area contributed by atoms with Gasteiger partial charge < -0.3 is 14.8 Å². The summed E-state index contributed by atoms with van der Waals surface area (Å²) in [5, 5.41) is 2.74. The van der Waals surface area contributed by atoms with Crippen molar-refractivity contribution in [1.82, 2.24) is 9.62 Å². The molecule has 26 heavy (non-hydrogen) atoms. The highest BCUT2D eigenvalue weighted by atomic mass is 32.2. The molecule has 0 radical (unpaired) electrons. The number of carbonyl (C=O) groups is 1. The first-order valence-corrected chi connectivity index (χ1v) is 10.6. The van der Waals surface area contributed by atoms with E-state index >= 15 is 0 Å². The Kier molecular flexibility index (Phi) is 8.34. The predicted octanol–water partition coefficient (Wildman–Crippen LogP) is 1.78. The molecule has 0 saturated carbocycles. The molecule has 1 amide bonds. The SMILES string of the molecule is CCOCCCNC(=O)COc1ccc(S(=O)(=O)N2CCCCC2)cc1. The standard InChI is InChI=1S/C18H28N2O5S/c1-2-24-14-6-11-19-18(21)15-25-16-7-9-17(10-8-16)26(22,23)20-12-4-3-5-13-20/h7-10H,2-6,11-15H2,1H3,(H,19,21). The maximum Gasteiger partial charge on any atom is 0.257 e. The van der Waals surface area contributed by atoms with Crippen LogP contribution in [0, 0.1) is 0 Å². The van der Waals surface area contributed by atoms with Crippen LogP contribution in [0.25, 0.3) is 0 Å². The molecule has 1 heterocycles. The first-order valence-electron chi connectivity index (χ1n) is 9.11. The van der Waals surface area contributed by atoms with Crippen LogP contribution in [0.3, 0.4) is 0 Å². The van der Waals surface area contributed by atoms with Gasteiger partial charge in [0.25, 0.3) is 5.91 Å². The largest absolute Gasteiger partial charge is 0.484 e. The second-order valence-corrected chi connectivity index (χ2v) is 8.06. The van der Waals surface area contributed by atoms with Gasteiger partial charge in [0.2, 0.25) is 10.0 Å². The van der Waals surface area contributed by atoms with E-state index in [0.717, 1.165) is 25.7 Å². The fourth-order valence-corrected chi connectivity index (χ4v) is 4.23. The highest BCUT2D eigenvalue weighted by Crippen LogP contribution is 2.22. The average Bonchev–Trinajstić information content (AvgIpc) is 2.67. The number of rotatable bonds is 10. The Morgan fingerprint density at radius 2 is 1.85 bits per heavy atom. The van der Waals surface area contributed by atoms with Crippen molar-refractivity contribution in [3.63, 3.8) is 0 Å². The van der Waals surface area contributed by atoms with E-state index in [1.807, 2.05) is 6.92 Å². The van der Waals surface area contributed by atoms with E-state index in [9.17, 15) is 13.2 Å². The van der Waals surface area contributed by atoms with Gasteiger partial charge in [0.15, 0.2) is 6.61 Å². The normalized spacial score (nSPS) is 15.6. The van der Waals surface area contributed by atoms with Crippen LogP contribution in [-0.2, 0) is 19.6 Å². The molecule has 0 aromatic heterocycles. The van der Waals surface area contributed by atoms with E-state index in [0.29, 0.717) is 38.6 Å². The molecule has 0 aliphatic carbocycles. The first kappa shape index (κ1) is 20.7. The fourth-order valence-electron chi connectivity index (χ4n) is 2.71. The van der Waals surface area contributed by atoms with Crippen molar-refractivity contribution < 1.29 is 22.7 Å². The Morgan fingerprint density at radius 3 is 2.50 bits per heavy atom. The zero-order valence-corrected chi connectivity index (χ0v) is 16.1. The van der Waals surface area contributed by atoms with Crippen molar-refractivity contribution in [2.24, 2.45) is 0 Å². The molecule has 8 heteroatoms. The third kappa shape index (κ3) is 6.26. The van der Waals surface area contributed by atoms with Gasteiger partial charge in [0.1, 0.15) is 5.75 Å². The van der Waals surface area contributed by atoms with Crippen molar-refractivity contribution in [1.29, 1.82) is 0 Å². The maximum atomic E-state index is 12.6. The van der Waals surface area contributed by atoms with E-state index < -0.39 is 10.0 Å². The van der Waals surface area contributed by atoms with Gasteiger partial charge >= 0.3 is 0 Å². The Labute approximate surface area is 155 Å². The Hall–Kier alpha value is -1.64. The molecular formula is C18H28N2O5S. The van der Waals surface area contributed by atoms with Gasteiger partial charge in [-0.15, -0.1) is 0 Å². The van der Waals surface area contributed by atoms with E-state index in [2.05, 4.69) is 5.32 Å². The smallest absolute Gasteiger partial charge is 0.257 e. The number of hydrogen-bond donors (Lipinski definition) is 1. The van der Waals surface area contributed by atoms with Crippen molar-refractivity contribution in [3.05, 3.63) is 24.3 Å². The number of piperidine rings is 1. The lowest BCUT2D eigenvalue weighted by atomic mass is 10.2. The molecule has 0 atom stereocenters. The highest BCUT2D eigenvalue weighted by molar-refractivity contribution is 7.89. The lowest BCUT2D eigenvalue weighted by molar-refractivity contribution is -0.123. The van der Waals surface area contributed by atoms with Crippen LogP contribution in [0.2, 0.25) is 0 Å². The Morgan fingerprint density at radius 1 is 1.15 bits per heavy atom. The van der Waals surface area contributed by atoms with Gasteiger partial charge in [-0.2, -0.15) is 4.31 Å². The zero-order valence-electron chi connectivity index (χ0n) is 15.3. The van der Waals surface area contributed by atoms with E-state index in [1.54, 1.807) is 12.1 Å². The van der Waals surface area contributed by atoms with E-state index in [-0.39, 0.29) is 17.4 Å². The molecule has 1 aliphatic rings. The van der Waals surface area contributed by atoms with Crippen molar-refractivity contribution >= 4 is 15.9 Å². The lowest BCUT2D eigenvalue weighted by Crippen LogP contribution is -2.35. The third-order valence-corrected chi connectivity index (χ3v) is 6.05. The molecule has 1 aromatic carbocycles. The second kappa shape index (κ2) is 10.5. The van der Waals surface area contributed by atoms with Gasteiger partial charge in [-0.1, -0.05) is 6.42 Å². The maximum absolute atomic E-state index is 12.6. The van der Waals surface area contributed by atoms with Crippen LogP contribution in [-0.4, -0.2) is 58.1 Å². The van der Waals surface area contributed by atoms with Gasteiger partial charge in [0, 0.05) is 32.8 Å². The van der Waals surface area contributed by atoms with Crippen molar-refractivity contribution in [3.8, 4) is 5.75 Å². The summed E-state index contributed by atoms with van der Waals surface area (Å²) < 4.78 is 37.3. The molecule has 1 aromatic rings. The van der Waals surface area contributed by atoms with Crippen molar-refractivity contribution in [2.45, 2.75) is 37.5 Å². The topological polar surface area (TPSA) is 84.9 Å². The molecule has 146 valence electrons. The first-order chi connectivity index (χ1) is 12.5. The monoisotopic (exact) mass is 384 g/mol. The molecular weight excluding hydrogens is 356 g/mol. The zero-order chi connectivity index (χ0) is 18.8. The summed E-state index contributed by atoms with van der Waals surface area (Å²) in [6.07, 6.45) is 3.63. The minimum Gasteiger partial charge on any atom is -0.484 e. The summed E-state index contributed by atoms with van der Waals surface area (Å²) in [6.45, 7) is 4.79. The third-order valence-electron chi connectivity index (χ3n) is 4.14. The van der Waals surface area contributed by atoms with Gasteiger partial charge in [-0.05, 0) is 50.5 Å². The molecule has 1 fully saturated rings. The Bertz CT molecular complexity index is 655. The molecule has 1 aliphatic heterocycles. The molecule has 0 unspecified atom stereocenters. The van der Waals surface area contributed by atoms with Crippen molar-refractivity contribution in [2.75, 3.05) is 39.5 Å². The predicted molar refractivity (Wildman–Crippen MR) is 98.7 cm³/mol. The van der Waals surface area contributed by atoms with Crippen LogP contribution in [0.15, 0.2) is 29.2 Å². The molecule has 0 spiro atoms. The number of nitrogens with one attached hydrogen (secondary N) is 1.